The molecule has 2 rings (SSSR count). The summed E-state index contributed by atoms with van der Waals surface area (Å²) in [4.78, 5) is 2.39. The first-order valence-electron chi connectivity index (χ1n) is 8.16. The summed E-state index contributed by atoms with van der Waals surface area (Å²) >= 11 is 0. The third-order valence-corrected chi connectivity index (χ3v) is 5.05. The molecule has 21 heavy (non-hydrogen) atoms. The standard InChI is InChI=1S/C18H29FN2/c1-5-20-17(15-8-10-16(19)11-9-15)18(21(3)4)12-6-7-14(2)13-18/h8-11,14,17,20H,5-7,12-13H2,1-4H3. The number of nitrogens with one attached hydrogen (secondary N) is 1. The molecule has 0 bridgehead atoms. The fourth-order valence-corrected chi connectivity index (χ4v) is 3.97. The van der Waals surface area contributed by atoms with Crippen molar-refractivity contribution in [2.75, 3.05) is 20.6 Å². The Labute approximate surface area is 128 Å². The Morgan fingerprint density at radius 3 is 2.52 bits per heavy atom. The van der Waals surface area contributed by atoms with Gasteiger partial charge in [0.05, 0.1) is 6.04 Å². The smallest absolute Gasteiger partial charge is 0.123 e. The van der Waals surface area contributed by atoms with E-state index in [4.69, 9.17) is 0 Å². The van der Waals surface area contributed by atoms with E-state index in [9.17, 15) is 4.39 Å². The molecular formula is C18H29FN2. The van der Waals surface area contributed by atoms with Gasteiger partial charge in [-0.2, -0.15) is 0 Å². The van der Waals surface area contributed by atoms with Crippen molar-refractivity contribution in [1.82, 2.24) is 10.2 Å². The maximum Gasteiger partial charge on any atom is 0.123 e. The fraction of sp³-hybridized carbons (Fsp3) is 0.667. The number of nitrogens with zero attached hydrogens (tertiary/aromatic N) is 1. The van der Waals surface area contributed by atoms with Gasteiger partial charge in [0.25, 0.3) is 0 Å². The second kappa shape index (κ2) is 6.89. The van der Waals surface area contributed by atoms with Crippen LogP contribution < -0.4 is 5.32 Å². The highest BCUT2D eigenvalue weighted by atomic mass is 19.1. The van der Waals surface area contributed by atoms with Gasteiger partial charge in [-0.1, -0.05) is 38.8 Å². The largest absolute Gasteiger partial charge is 0.309 e. The lowest BCUT2D eigenvalue weighted by Gasteiger charge is -2.50. The second-order valence-corrected chi connectivity index (χ2v) is 6.74. The van der Waals surface area contributed by atoms with E-state index in [-0.39, 0.29) is 17.4 Å². The maximum atomic E-state index is 13.3. The van der Waals surface area contributed by atoms with Crippen molar-refractivity contribution in [2.24, 2.45) is 5.92 Å². The Bertz CT molecular complexity index is 443. The van der Waals surface area contributed by atoms with Crippen molar-refractivity contribution >= 4 is 0 Å². The zero-order valence-electron chi connectivity index (χ0n) is 13.8. The Morgan fingerprint density at radius 2 is 2.00 bits per heavy atom. The normalized spacial score (nSPS) is 27.8. The van der Waals surface area contributed by atoms with Crippen LogP contribution in [0, 0.1) is 11.7 Å². The van der Waals surface area contributed by atoms with Gasteiger partial charge in [-0.05, 0) is 57.1 Å². The highest BCUT2D eigenvalue weighted by Crippen LogP contribution is 2.44. The van der Waals surface area contributed by atoms with Crippen molar-refractivity contribution in [3.8, 4) is 0 Å². The maximum absolute atomic E-state index is 13.3. The topological polar surface area (TPSA) is 15.3 Å². The Balaban J connectivity index is 2.39. The van der Waals surface area contributed by atoms with E-state index in [1.807, 2.05) is 12.1 Å². The van der Waals surface area contributed by atoms with Crippen LogP contribution >= 0.6 is 0 Å². The lowest BCUT2D eigenvalue weighted by atomic mass is 9.69. The third-order valence-electron chi connectivity index (χ3n) is 5.05. The van der Waals surface area contributed by atoms with Gasteiger partial charge < -0.3 is 10.2 Å². The SMILES string of the molecule is CCNC(c1ccc(F)cc1)C1(N(C)C)CCCC(C)C1. The summed E-state index contributed by atoms with van der Waals surface area (Å²) in [6, 6.07) is 7.28. The number of rotatable bonds is 5. The first-order valence-corrected chi connectivity index (χ1v) is 8.16. The van der Waals surface area contributed by atoms with Crippen LogP contribution in [0.25, 0.3) is 0 Å². The zero-order valence-corrected chi connectivity index (χ0v) is 13.8. The molecule has 3 unspecified atom stereocenters. The van der Waals surface area contributed by atoms with Crippen LogP contribution in [-0.2, 0) is 0 Å². The van der Waals surface area contributed by atoms with Crippen LogP contribution in [0.2, 0.25) is 0 Å². The minimum Gasteiger partial charge on any atom is -0.309 e. The molecule has 0 aliphatic heterocycles. The van der Waals surface area contributed by atoms with Crippen molar-refractivity contribution in [3.63, 3.8) is 0 Å². The summed E-state index contributed by atoms with van der Waals surface area (Å²) < 4.78 is 13.3. The first kappa shape index (κ1) is 16.4. The minimum absolute atomic E-state index is 0.117. The summed E-state index contributed by atoms with van der Waals surface area (Å²) in [5.74, 6) is 0.577. The number of hydrogen-bond donors (Lipinski definition) is 1. The monoisotopic (exact) mass is 292 g/mol. The average molecular weight is 292 g/mol. The summed E-state index contributed by atoms with van der Waals surface area (Å²) in [5, 5.41) is 3.67. The molecule has 0 heterocycles. The molecule has 0 aromatic heterocycles. The lowest BCUT2D eigenvalue weighted by molar-refractivity contribution is 0.0372. The van der Waals surface area contributed by atoms with Crippen molar-refractivity contribution in [3.05, 3.63) is 35.6 Å². The molecule has 1 aliphatic rings. The summed E-state index contributed by atoms with van der Waals surface area (Å²) in [6.07, 6.45) is 4.97. The van der Waals surface area contributed by atoms with Crippen LogP contribution in [0.1, 0.15) is 51.1 Å². The summed E-state index contributed by atoms with van der Waals surface area (Å²) in [7, 11) is 4.37. The molecule has 2 nitrogen and oxygen atoms in total. The van der Waals surface area contributed by atoms with E-state index in [1.165, 1.54) is 31.2 Å². The fourth-order valence-electron chi connectivity index (χ4n) is 3.97. The van der Waals surface area contributed by atoms with Crippen molar-refractivity contribution in [1.29, 1.82) is 0 Å². The Hall–Kier alpha value is -0.930. The van der Waals surface area contributed by atoms with E-state index in [0.717, 1.165) is 12.5 Å². The van der Waals surface area contributed by atoms with Gasteiger partial charge in [0.1, 0.15) is 5.82 Å². The van der Waals surface area contributed by atoms with Crippen LogP contribution in [0.3, 0.4) is 0 Å². The average Bonchev–Trinajstić information content (AvgIpc) is 2.45. The van der Waals surface area contributed by atoms with E-state index >= 15 is 0 Å². The summed E-state index contributed by atoms with van der Waals surface area (Å²) in [6.45, 7) is 5.42. The molecule has 3 heteroatoms. The van der Waals surface area contributed by atoms with E-state index in [1.54, 1.807) is 12.1 Å². The third kappa shape index (κ3) is 3.46. The molecule has 118 valence electrons. The predicted molar refractivity (Wildman–Crippen MR) is 86.9 cm³/mol. The molecule has 1 aromatic carbocycles. The van der Waals surface area contributed by atoms with E-state index < -0.39 is 0 Å². The van der Waals surface area contributed by atoms with Crippen LogP contribution in [0.5, 0.6) is 0 Å². The minimum atomic E-state index is -0.162. The molecule has 0 amide bonds. The van der Waals surface area contributed by atoms with Gasteiger partial charge in [-0.25, -0.2) is 4.39 Å². The number of hydrogen-bond acceptors (Lipinski definition) is 2. The molecule has 1 N–H and O–H groups in total. The van der Waals surface area contributed by atoms with E-state index in [2.05, 4.69) is 38.2 Å². The van der Waals surface area contributed by atoms with Gasteiger partial charge >= 0.3 is 0 Å². The Morgan fingerprint density at radius 1 is 1.33 bits per heavy atom. The van der Waals surface area contributed by atoms with Crippen LogP contribution in [0.15, 0.2) is 24.3 Å². The second-order valence-electron chi connectivity index (χ2n) is 6.74. The van der Waals surface area contributed by atoms with Gasteiger partial charge in [-0.3, -0.25) is 0 Å². The predicted octanol–water partition coefficient (Wildman–Crippen LogP) is 3.99. The molecule has 1 saturated carbocycles. The quantitative estimate of drug-likeness (QED) is 0.883. The van der Waals surface area contributed by atoms with E-state index in [0.29, 0.717) is 0 Å². The molecular weight excluding hydrogens is 263 g/mol. The lowest BCUT2D eigenvalue weighted by Crippen LogP contribution is -2.56. The number of halogens is 1. The Kier molecular flexibility index (Phi) is 5.39. The molecule has 1 aromatic rings. The highest BCUT2D eigenvalue weighted by molar-refractivity contribution is 5.25. The number of benzene rings is 1. The van der Waals surface area contributed by atoms with Gasteiger partial charge in [0.2, 0.25) is 0 Å². The molecule has 0 saturated heterocycles. The number of likely N-dealkylation sites (N-methyl/N-ethyl adjacent to an activating group) is 2. The molecule has 0 radical (unpaired) electrons. The van der Waals surface area contributed by atoms with Crippen LogP contribution in [-0.4, -0.2) is 31.1 Å². The summed E-state index contributed by atoms with van der Waals surface area (Å²) in [5.41, 5.74) is 1.31. The molecule has 0 spiro atoms. The van der Waals surface area contributed by atoms with Crippen LogP contribution in [0.4, 0.5) is 4.39 Å². The van der Waals surface area contributed by atoms with Crippen molar-refractivity contribution < 1.29 is 4.39 Å². The first-order chi connectivity index (χ1) is 9.99. The van der Waals surface area contributed by atoms with Gasteiger partial charge in [0, 0.05) is 5.54 Å². The highest BCUT2D eigenvalue weighted by Gasteiger charge is 2.43. The zero-order chi connectivity index (χ0) is 15.5. The van der Waals surface area contributed by atoms with Gasteiger partial charge in [-0.15, -0.1) is 0 Å². The van der Waals surface area contributed by atoms with Crippen molar-refractivity contribution in [2.45, 2.75) is 51.1 Å². The molecule has 1 fully saturated rings. The molecule has 1 aliphatic carbocycles. The molecule has 3 atom stereocenters. The van der Waals surface area contributed by atoms with Gasteiger partial charge in [0.15, 0.2) is 0 Å².